The third kappa shape index (κ3) is 3.97. The summed E-state index contributed by atoms with van der Waals surface area (Å²) in [6, 6.07) is 1.91. The lowest BCUT2D eigenvalue weighted by Crippen LogP contribution is -2.34. The van der Waals surface area contributed by atoms with E-state index < -0.39 is 28.3 Å². The number of nitrogens with one attached hydrogen (secondary N) is 1. The van der Waals surface area contributed by atoms with Crippen LogP contribution in [0, 0.1) is 22.9 Å². The van der Waals surface area contributed by atoms with Crippen molar-refractivity contribution in [1.82, 2.24) is 5.32 Å². The van der Waals surface area contributed by atoms with Crippen LogP contribution >= 0.6 is 0 Å². The minimum absolute atomic E-state index is 0.00166. The minimum Gasteiger partial charge on any atom is -0.389 e. The number of hydrogen-bond acceptors (Lipinski definition) is 5. The van der Waals surface area contributed by atoms with Gasteiger partial charge in [-0.1, -0.05) is 0 Å². The number of carbonyl (C=O) groups is 1. The smallest absolute Gasteiger partial charge is 0.270 e. The third-order valence-corrected chi connectivity index (χ3v) is 2.55. The largest absolute Gasteiger partial charge is 0.389 e. The van der Waals surface area contributed by atoms with E-state index in [0.717, 1.165) is 12.1 Å². The molecule has 0 radical (unpaired) electrons. The van der Waals surface area contributed by atoms with Crippen molar-refractivity contribution in [3.05, 3.63) is 39.2 Å². The fraction of sp³-hybridized carbons (Fsp3) is 0.417. The van der Waals surface area contributed by atoms with E-state index in [9.17, 15) is 24.4 Å². The highest BCUT2D eigenvalue weighted by Gasteiger charge is 2.20. The number of ether oxygens (including phenoxy) is 1. The zero-order chi connectivity index (χ0) is 15.3. The summed E-state index contributed by atoms with van der Waals surface area (Å²) in [4.78, 5) is 21.8. The number of aliphatic hydroxyl groups excluding tert-OH is 1. The Hall–Kier alpha value is -2.06. The summed E-state index contributed by atoms with van der Waals surface area (Å²) in [7, 11) is 1.38. The first-order valence-electron chi connectivity index (χ1n) is 5.76. The summed E-state index contributed by atoms with van der Waals surface area (Å²) in [6.45, 7) is 1.20. The number of benzene rings is 1. The molecule has 0 aromatic heterocycles. The molecule has 1 rings (SSSR count). The van der Waals surface area contributed by atoms with Crippen molar-refractivity contribution in [3.63, 3.8) is 0 Å². The molecule has 1 aromatic rings. The van der Waals surface area contributed by atoms with E-state index in [4.69, 9.17) is 0 Å². The summed E-state index contributed by atoms with van der Waals surface area (Å²) in [5, 5.41) is 22.3. The molecule has 110 valence electrons. The number of nitrogens with zero attached hydrogens (tertiary/aromatic N) is 1. The molecule has 0 bridgehead atoms. The van der Waals surface area contributed by atoms with Gasteiger partial charge in [0.25, 0.3) is 11.6 Å². The molecule has 0 saturated carbocycles. The summed E-state index contributed by atoms with van der Waals surface area (Å²) in [5.41, 5.74) is -0.797. The lowest BCUT2D eigenvalue weighted by Gasteiger charge is -2.11. The van der Waals surface area contributed by atoms with E-state index in [1.165, 1.54) is 14.0 Å². The Morgan fingerprint density at radius 1 is 1.60 bits per heavy atom. The van der Waals surface area contributed by atoms with Gasteiger partial charge in [-0.3, -0.25) is 14.9 Å². The molecule has 1 aromatic carbocycles. The van der Waals surface area contributed by atoms with Crippen LogP contribution < -0.4 is 5.32 Å². The third-order valence-electron chi connectivity index (χ3n) is 2.55. The van der Waals surface area contributed by atoms with Gasteiger partial charge >= 0.3 is 0 Å². The van der Waals surface area contributed by atoms with Gasteiger partial charge in [0.2, 0.25) is 0 Å². The molecular formula is C12H15FN2O5. The minimum atomic E-state index is -0.938. The Balaban J connectivity index is 2.89. The van der Waals surface area contributed by atoms with E-state index >= 15 is 0 Å². The van der Waals surface area contributed by atoms with Crippen LogP contribution in [0.3, 0.4) is 0 Å². The molecule has 8 heteroatoms. The van der Waals surface area contributed by atoms with Gasteiger partial charge in [-0.15, -0.1) is 0 Å². The van der Waals surface area contributed by atoms with Crippen molar-refractivity contribution in [3.8, 4) is 0 Å². The topological polar surface area (TPSA) is 102 Å². The molecule has 0 heterocycles. The Bertz CT molecular complexity index is 521. The number of methoxy groups -OCH3 is 1. The van der Waals surface area contributed by atoms with Crippen LogP contribution in [-0.4, -0.2) is 42.3 Å². The maximum Gasteiger partial charge on any atom is 0.270 e. The average Bonchev–Trinajstić information content (AvgIpc) is 2.39. The van der Waals surface area contributed by atoms with Gasteiger partial charge in [0.1, 0.15) is 5.82 Å². The number of halogens is 1. The molecule has 0 spiro atoms. The van der Waals surface area contributed by atoms with Gasteiger partial charge in [0.15, 0.2) is 0 Å². The predicted octanol–water partition coefficient (Wildman–Crippen LogP) is 0.779. The Kier molecular flexibility index (Phi) is 5.53. The lowest BCUT2D eigenvalue weighted by molar-refractivity contribution is -0.385. The van der Waals surface area contributed by atoms with Crippen molar-refractivity contribution in [1.29, 1.82) is 0 Å². The molecule has 0 aliphatic rings. The van der Waals surface area contributed by atoms with Gasteiger partial charge in [0, 0.05) is 25.8 Å². The molecule has 20 heavy (non-hydrogen) atoms. The Labute approximate surface area is 114 Å². The maximum absolute atomic E-state index is 13.8. The second kappa shape index (κ2) is 6.92. The highest BCUT2D eigenvalue weighted by atomic mass is 19.1. The molecule has 7 nitrogen and oxygen atoms in total. The molecule has 0 fully saturated rings. The Morgan fingerprint density at radius 2 is 2.25 bits per heavy atom. The summed E-state index contributed by atoms with van der Waals surface area (Å²) in [6.07, 6.45) is -0.938. The molecule has 2 N–H and O–H groups in total. The molecule has 0 aliphatic carbocycles. The number of hydrogen-bond donors (Lipinski definition) is 2. The quantitative estimate of drug-likeness (QED) is 0.594. The number of rotatable bonds is 6. The molecule has 0 saturated heterocycles. The van der Waals surface area contributed by atoms with Crippen LogP contribution in [-0.2, 0) is 4.74 Å². The zero-order valence-corrected chi connectivity index (χ0v) is 11.1. The first-order valence-corrected chi connectivity index (χ1v) is 5.76. The highest BCUT2D eigenvalue weighted by Crippen LogP contribution is 2.20. The first-order chi connectivity index (χ1) is 9.36. The summed E-state index contributed by atoms with van der Waals surface area (Å²) in [5.74, 6) is -1.65. The highest BCUT2D eigenvalue weighted by molar-refractivity contribution is 5.95. The normalized spacial score (nSPS) is 12.0. The van der Waals surface area contributed by atoms with E-state index in [-0.39, 0.29) is 24.4 Å². The molecular weight excluding hydrogens is 271 g/mol. The van der Waals surface area contributed by atoms with Crippen molar-refractivity contribution in [2.24, 2.45) is 0 Å². The predicted molar refractivity (Wildman–Crippen MR) is 68.0 cm³/mol. The van der Waals surface area contributed by atoms with Gasteiger partial charge in [0.05, 0.1) is 23.2 Å². The monoisotopic (exact) mass is 286 g/mol. The van der Waals surface area contributed by atoms with Gasteiger partial charge in [-0.05, 0) is 12.5 Å². The molecule has 1 unspecified atom stereocenters. The number of nitro groups is 1. The van der Waals surface area contributed by atoms with Crippen LogP contribution in [0.5, 0.6) is 0 Å². The van der Waals surface area contributed by atoms with E-state index in [0.29, 0.717) is 0 Å². The number of non-ortho nitro benzene ring substituents is 1. The number of nitro benzene ring substituents is 1. The SMILES string of the molecule is COCC(O)CNC(=O)c1cc([N+](=O)[O-])cc(C)c1F. The summed E-state index contributed by atoms with van der Waals surface area (Å²) < 4.78 is 18.5. The van der Waals surface area contributed by atoms with Crippen molar-refractivity contribution in [2.75, 3.05) is 20.3 Å². The number of aryl methyl sites for hydroxylation is 1. The standard InChI is InChI=1S/C12H15FN2O5/c1-7-3-8(15(18)19)4-10(11(7)13)12(17)14-5-9(16)6-20-2/h3-4,9,16H,5-6H2,1-2H3,(H,14,17). The van der Waals surface area contributed by atoms with Gasteiger partial charge in [-0.25, -0.2) is 4.39 Å². The van der Waals surface area contributed by atoms with Gasteiger partial charge in [-0.2, -0.15) is 0 Å². The molecule has 0 aliphatic heterocycles. The number of amides is 1. The fourth-order valence-corrected chi connectivity index (χ4v) is 1.58. The fourth-order valence-electron chi connectivity index (χ4n) is 1.58. The van der Waals surface area contributed by atoms with E-state index in [1.54, 1.807) is 0 Å². The van der Waals surface area contributed by atoms with Gasteiger partial charge < -0.3 is 15.2 Å². The average molecular weight is 286 g/mol. The van der Waals surface area contributed by atoms with E-state index in [1.807, 2.05) is 0 Å². The van der Waals surface area contributed by atoms with Crippen LogP contribution in [0.2, 0.25) is 0 Å². The summed E-state index contributed by atoms with van der Waals surface area (Å²) >= 11 is 0. The van der Waals surface area contributed by atoms with Crippen LogP contribution in [0.4, 0.5) is 10.1 Å². The second-order valence-corrected chi connectivity index (χ2v) is 4.20. The maximum atomic E-state index is 13.8. The van der Waals surface area contributed by atoms with E-state index in [2.05, 4.69) is 10.1 Å². The van der Waals surface area contributed by atoms with Crippen LogP contribution in [0.1, 0.15) is 15.9 Å². The van der Waals surface area contributed by atoms with Crippen molar-refractivity contribution >= 4 is 11.6 Å². The van der Waals surface area contributed by atoms with Crippen molar-refractivity contribution < 1.29 is 24.0 Å². The second-order valence-electron chi connectivity index (χ2n) is 4.20. The van der Waals surface area contributed by atoms with Crippen LogP contribution in [0.25, 0.3) is 0 Å². The van der Waals surface area contributed by atoms with Crippen LogP contribution in [0.15, 0.2) is 12.1 Å². The van der Waals surface area contributed by atoms with Crippen molar-refractivity contribution in [2.45, 2.75) is 13.0 Å². The Morgan fingerprint density at radius 3 is 2.80 bits per heavy atom. The molecule has 1 atom stereocenters. The number of aliphatic hydroxyl groups is 1. The molecule has 1 amide bonds. The number of carbonyl (C=O) groups excluding carboxylic acids is 1. The lowest BCUT2D eigenvalue weighted by atomic mass is 10.1. The zero-order valence-electron chi connectivity index (χ0n) is 11.1. The first kappa shape index (κ1) is 16.0.